The first-order chi connectivity index (χ1) is 14.0. The molecule has 0 unspecified atom stereocenters. The lowest BCUT2D eigenvalue weighted by molar-refractivity contribution is -0.136. The van der Waals surface area contributed by atoms with Gasteiger partial charge in [-0.15, -0.1) is 0 Å². The fourth-order valence-electron chi connectivity index (χ4n) is 2.51. The molecule has 0 bridgehead atoms. The van der Waals surface area contributed by atoms with Gasteiger partial charge in [-0.1, -0.05) is 35.9 Å². The highest BCUT2D eigenvalue weighted by atomic mass is 35.5. The van der Waals surface area contributed by atoms with E-state index in [9.17, 15) is 14.4 Å². The molecule has 0 saturated carbocycles. The van der Waals surface area contributed by atoms with E-state index in [1.165, 1.54) is 6.26 Å². The summed E-state index contributed by atoms with van der Waals surface area (Å²) < 4.78 is 5.17. The molecule has 148 valence electrons. The topological polar surface area (TPSA) is 100 Å². The molecular formula is C21H18ClN3O4. The zero-order valence-corrected chi connectivity index (χ0v) is 16.0. The number of carbonyl (C=O) groups excluding carboxylic acids is 3. The van der Waals surface area contributed by atoms with Gasteiger partial charge in [-0.2, -0.15) is 0 Å². The van der Waals surface area contributed by atoms with E-state index in [0.717, 1.165) is 5.56 Å². The van der Waals surface area contributed by atoms with Gasteiger partial charge in [-0.25, -0.2) is 0 Å². The Balaban J connectivity index is 1.58. The molecule has 8 heteroatoms. The molecule has 1 heterocycles. The monoisotopic (exact) mass is 411 g/mol. The van der Waals surface area contributed by atoms with Crippen molar-refractivity contribution in [3.05, 3.63) is 88.8 Å². The summed E-state index contributed by atoms with van der Waals surface area (Å²) in [5, 5.41) is 8.28. The molecule has 0 radical (unpaired) electrons. The van der Waals surface area contributed by atoms with E-state index in [1.807, 2.05) is 0 Å². The minimum Gasteiger partial charge on any atom is -0.467 e. The smallest absolute Gasteiger partial charge is 0.313 e. The molecule has 3 aromatic rings. The van der Waals surface area contributed by atoms with Crippen LogP contribution in [0.2, 0.25) is 5.02 Å². The maximum atomic E-state index is 12.4. The van der Waals surface area contributed by atoms with E-state index in [1.54, 1.807) is 60.7 Å². The molecule has 7 nitrogen and oxygen atoms in total. The Labute approximate surface area is 172 Å². The summed E-state index contributed by atoms with van der Waals surface area (Å²) in [7, 11) is 0. The van der Waals surface area contributed by atoms with Crippen LogP contribution in [0.25, 0.3) is 0 Å². The average Bonchev–Trinajstić information content (AvgIpc) is 3.25. The molecule has 3 N–H and O–H groups in total. The molecular weight excluding hydrogens is 394 g/mol. The van der Waals surface area contributed by atoms with Gasteiger partial charge in [0.1, 0.15) is 5.76 Å². The van der Waals surface area contributed by atoms with Crippen LogP contribution in [-0.4, -0.2) is 17.7 Å². The van der Waals surface area contributed by atoms with E-state index in [-0.39, 0.29) is 24.3 Å². The zero-order chi connectivity index (χ0) is 20.6. The van der Waals surface area contributed by atoms with Crippen LogP contribution >= 0.6 is 11.6 Å². The average molecular weight is 412 g/mol. The quantitative estimate of drug-likeness (QED) is 0.542. The third kappa shape index (κ3) is 5.70. The first kappa shape index (κ1) is 20.2. The van der Waals surface area contributed by atoms with Gasteiger partial charge in [0.2, 0.25) is 0 Å². The van der Waals surface area contributed by atoms with Gasteiger partial charge in [0.15, 0.2) is 0 Å². The molecule has 1 aromatic heterocycles. The summed E-state index contributed by atoms with van der Waals surface area (Å²) in [6, 6.07) is 16.8. The van der Waals surface area contributed by atoms with E-state index in [4.69, 9.17) is 16.0 Å². The lowest BCUT2D eigenvalue weighted by atomic mass is 10.1. The highest BCUT2D eigenvalue weighted by Crippen LogP contribution is 2.15. The summed E-state index contributed by atoms with van der Waals surface area (Å²) in [5.41, 5.74) is 1.27. The molecule has 0 spiro atoms. The Morgan fingerprint density at radius 1 is 0.828 bits per heavy atom. The molecule has 0 aliphatic heterocycles. The van der Waals surface area contributed by atoms with Crippen molar-refractivity contribution < 1.29 is 18.8 Å². The number of anilines is 1. The lowest BCUT2D eigenvalue weighted by Gasteiger charge is -2.11. The van der Waals surface area contributed by atoms with Crippen LogP contribution in [0, 0.1) is 0 Å². The van der Waals surface area contributed by atoms with Crippen LogP contribution in [0.4, 0.5) is 5.69 Å². The van der Waals surface area contributed by atoms with Gasteiger partial charge >= 0.3 is 11.8 Å². The first-order valence-electron chi connectivity index (χ1n) is 8.76. The van der Waals surface area contributed by atoms with Crippen molar-refractivity contribution in [3.63, 3.8) is 0 Å². The van der Waals surface area contributed by atoms with Crippen molar-refractivity contribution in [2.24, 2.45) is 0 Å². The molecule has 0 aliphatic rings. The molecule has 0 fully saturated rings. The summed E-state index contributed by atoms with van der Waals surface area (Å²) in [5.74, 6) is -1.49. The maximum Gasteiger partial charge on any atom is 0.313 e. The molecule has 3 rings (SSSR count). The maximum absolute atomic E-state index is 12.4. The molecule has 2 aromatic carbocycles. The van der Waals surface area contributed by atoms with Gasteiger partial charge in [-0.3, -0.25) is 14.4 Å². The lowest BCUT2D eigenvalue weighted by Crippen LogP contribution is -2.35. The number of furan rings is 1. The summed E-state index contributed by atoms with van der Waals surface area (Å²) in [4.78, 5) is 36.7. The highest BCUT2D eigenvalue weighted by Gasteiger charge is 2.17. The Morgan fingerprint density at radius 2 is 1.59 bits per heavy atom. The second kappa shape index (κ2) is 9.57. The Morgan fingerprint density at radius 3 is 2.31 bits per heavy atom. The predicted octanol–water partition coefficient (Wildman–Crippen LogP) is 3.12. The SMILES string of the molecule is O=C(NCc1ccc(Cl)cc1)C(=O)Nc1ccccc1C(=O)NCc1ccco1. The van der Waals surface area contributed by atoms with E-state index in [2.05, 4.69) is 16.0 Å². The largest absolute Gasteiger partial charge is 0.467 e. The number of rotatable bonds is 6. The van der Waals surface area contributed by atoms with Gasteiger partial charge in [0.05, 0.1) is 24.1 Å². The third-order valence-corrected chi connectivity index (χ3v) is 4.25. The van der Waals surface area contributed by atoms with E-state index >= 15 is 0 Å². The Kier molecular flexibility index (Phi) is 6.65. The van der Waals surface area contributed by atoms with Crippen LogP contribution in [0.15, 0.2) is 71.3 Å². The van der Waals surface area contributed by atoms with Crippen LogP contribution in [0.5, 0.6) is 0 Å². The number of amides is 3. The van der Waals surface area contributed by atoms with Crippen LogP contribution < -0.4 is 16.0 Å². The van der Waals surface area contributed by atoms with Gasteiger partial charge in [0, 0.05) is 11.6 Å². The van der Waals surface area contributed by atoms with Crippen molar-refractivity contribution in [1.29, 1.82) is 0 Å². The molecule has 0 saturated heterocycles. The zero-order valence-electron chi connectivity index (χ0n) is 15.3. The normalized spacial score (nSPS) is 10.2. The molecule has 3 amide bonds. The number of benzene rings is 2. The van der Waals surface area contributed by atoms with Crippen LogP contribution in [0.1, 0.15) is 21.7 Å². The van der Waals surface area contributed by atoms with E-state index < -0.39 is 17.7 Å². The van der Waals surface area contributed by atoms with Crippen LogP contribution in [-0.2, 0) is 22.7 Å². The number of hydrogen-bond donors (Lipinski definition) is 3. The van der Waals surface area contributed by atoms with Gasteiger partial charge in [0.25, 0.3) is 5.91 Å². The molecule has 29 heavy (non-hydrogen) atoms. The number of para-hydroxylation sites is 1. The van der Waals surface area contributed by atoms with Crippen molar-refractivity contribution in [2.45, 2.75) is 13.1 Å². The molecule has 0 atom stereocenters. The number of halogens is 1. The van der Waals surface area contributed by atoms with Crippen molar-refractivity contribution in [1.82, 2.24) is 10.6 Å². The number of nitrogens with one attached hydrogen (secondary N) is 3. The Bertz CT molecular complexity index is 1000. The van der Waals surface area contributed by atoms with E-state index in [0.29, 0.717) is 10.8 Å². The highest BCUT2D eigenvalue weighted by molar-refractivity contribution is 6.40. The van der Waals surface area contributed by atoms with Crippen LogP contribution in [0.3, 0.4) is 0 Å². The second-order valence-electron chi connectivity index (χ2n) is 6.07. The van der Waals surface area contributed by atoms with Crippen molar-refractivity contribution in [2.75, 3.05) is 5.32 Å². The summed E-state index contributed by atoms with van der Waals surface area (Å²) >= 11 is 5.82. The number of hydrogen-bond acceptors (Lipinski definition) is 4. The summed E-state index contributed by atoms with van der Waals surface area (Å²) in [6.07, 6.45) is 1.51. The molecule has 0 aliphatic carbocycles. The van der Waals surface area contributed by atoms with Gasteiger partial charge in [-0.05, 0) is 42.0 Å². The van der Waals surface area contributed by atoms with Crippen molar-refractivity contribution >= 4 is 35.0 Å². The predicted molar refractivity (Wildman–Crippen MR) is 108 cm³/mol. The minimum absolute atomic E-state index is 0.175. The fourth-order valence-corrected chi connectivity index (χ4v) is 2.64. The fraction of sp³-hybridized carbons (Fsp3) is 0.0952. The standard InChI is InChI=1S/C21H18ClN3O4/c22-15-9-7-14(8-10-15)12-23-20(27)21(28)25-18-6-2-1-5-17(18)19(26)24-13-16-4-3-11-29-16/h1-11H,12-13H2,(H,23,27)(H,24,26)(H,25,28). The first-order valence-corrected chi connectivity index (χ1v) is 9.14. The Hall–Kier alpha value is -3.58. The van der Waals surface area contributed by atoms with Crippen molar-refractivity contribution in [3.8, 4) is 0 Å². The third-order valence-electron chi connectivity index (χ3n) is 4.00. The summed E-state index contributed by atoms with van der Waals surface area (Å²) in [6.45, 7) is 0.379. The second-order valence-corrected chi connectivity index (χ2v) is 6.51. The minimum atomic E-state index is -0.870. The van der Waals surface area contributed by atoms with Gasteiger partial charge < -0.3 is 20.4 Å². The number of carbonyl (C=O) groups is 3.